The van der Waals surface area contributed by atoms with E-state index in [1.165, 1.54) is 0 Å². The van der Waals surface area contributed by atoms with E-state index in [1.807, 2.05) is 17.9 Å². The monoisotopic (exact) mass is 322 g/mol. The van der Waals surface area contributed by atoms with Crippen molar-refractivity contribution in [3.8, 4) is 11.3 Å². The zero-order chi connectivity index (χ0) is 13.8. The van der Waals surface area contributed by atoms with Gasteiger partial charge in [0, 0.05) is 24.8 Å². The quantitative estimate of drug-likeness (QED) is 0.918. The molecule has 19 heavy (non-hydrogen) atoms. The third kappa shape index (κ3) is 3.36. The number of rotatable bonds is 5. The second-order valence-corrected chi connectivity index (χ2v) is 5.55. The minimum absolute atomic E-state index is 0.873. The van der Waals surface area contributed by atoms with E-state index < -0.39 is 0 Å². The number of halogens is 1. The molecular formula is C14H19BrN4. The molecule has 0 saturated heterocycles. The van der Waals surface area contributed by atoms with Gasteiger partial charge < -0.3 is 10.2 Å². The summed E-state index contributed by atoms with van der Waals surface area (Å²) in [7, 11) is 6.07. The SMILES string of the molecule is CNc1cccc(-c2c(Br)cnn2CCN(C)C)c1. The van der Waals surface area contributed by atoms with Crippen molar-refractivity contribution < 1.29 is 0 Å². The van der Waals surface area contributed by atoms with Gasteiger partial charge in [-0.2, -0.15) is 5.10 Å². The summed E-state index contributed by atoms with van der Waals surface area (Å²) in [6, 6.07) is 8.34. The molecule has 5 heteroatoms. The van der Waals surface area contributed by atoms with Crippen molar-refractivity contribution in [3.05, 3.63) is 34.9 Å². The van der Waals surface area contributed by atoms with Gasteiger partial charge in [0.05, 0.1) is 22.9 Å². The van der Waals surface area contributed by atoms with E-state index in [1.54, 1.807) is 0 Å². The van der Waals surface area contributed by atoms with Gasteiger partial charge in [-0.05, 0) is 42.2 Å². The first-order chi connectivity index (χ1) is 9.11. The van der Waals surface area contributed by atoms with E-state index in [0.29, 0.717) is 0 Å². The lowest BCUT2D eigenvalue weighted by Gasteiger charge is -2.13. The smallest absolute Gasteiger partial charge is 0.0825 e. The summed E-state index contributed by atoms with van der Waals surface area (Å²) < 4.78 is 3.07. The first-order valence-electron chi connectivity index (χ1n) is 6.26. The van der Waals surface area contributed by atoms with Crippen LogP contribution < -0.4 is 5.32 Å². The van der Waals surface area contributed by atoms with Gasteiger partial charge in [0.25, 0.3) is 0 Å². The Balaban J connectivity index is 2.34. The van der Waals surface area contributed by atoms with Gasteiger partial charge in [0.15, 0.2) is 0 Å². The maximum absolute atomic E-state index is 4.44. The Kier molecular flexibility index (Phi) is 4.61. The van der Waals surface area contributed by atoms with Crippen LogP contribution in [0.2, 0.25) is 0 Å². The maximum atomic E-state index is 4.44. The van der Waals surface area contributed by atoms with Crippen molar-refractivity contribution in [1.82, 2.24) is 14.7 Å². The van der Waals surface area contributed by atoms with E-state index in [9.17, 15) is 0 Å². The highest BCUT2D eigenvalue weighted by Crippen LogP contribution is 2.29. The number of benzene rings is 1. The molecule has 0 radical (unpaired) electrons. The molecule has 2 aromatic rings. The standard InChI is InChI=1S/C14H19BrN4/c1-16-12-6-4-5-11(9-12)14-13(15)10-17-19(14)8-7-18(2)3/h4-6,9-10,16H,7-8H2,1-3H3. The van der Waals surface area contributed by atoms with E-state index in [-0.39, 0.29) is 0 Å². The lowest BCUT2D eigenvalue weighted by molar-refractivity contribution is 0.374. The number of nitrogens with one attached hydrogen (secondary N) is 1. The number of nitrogens with zero attached hydrogens (tertiary/aromatic N) is 3. The molecule has 0 fully saturated rings. The number of hydrogen-bond acceptors (Lipinski definition) is 3. The van der Waals surface area contributed by atoms with E-state index in [2.05, 4.69) is 69.6 Å². The Hall–Kier alpha value is -1.33. The van der Waals surface area contributed by atoms with Crippen LogP contribution in [0.15, 0.2) is 34.9 Å². The molecule has 1 N–H and O–H groups in total. The molecule has 0 aliphatic heterocycles. The van der Waals surface area contributed by atoms with Gasteiger partial charge in [-0.25, -0.2) is 0 Å². The number of likely N-dealkylation sites (N-methyl/N-ethyl adjacent to an activating group) is 1. The van der Waals surface area contributed by atoms with Crippen LogP contribution in [0.3, 0.4) is 0 Å². The van der Waals surface area contributed by atoms with Gasteiger partial charge in [-0.15, -0.1) is 0 Å². The van der Waals surface area contributed by atoms with Crippen LogP contribution >= 0.6 is 15.9 Å². The molecule has 0 bridgehead atoms. The number of anilines is 1. The Bertz CT molecular complexity index is 548. The molecule has 0 unspecified atom stereocenters. The van der Waals surface area contributed by atoms with E-state index in [0.717, 1.165) is 34.5 Å². The van der Waals surface area contributed by atoms with Crippen LogP contribution in [0.25, 0.3) is 11.3 Å². The molecule has 102 valence electrons. The summed E-state index contributed by atoms with van der Waals surface area (Å²) in [6.45, 7) is 1.84. The summed E-state index contributed by atoms with van der Waals surface area (Å²) in [6.07, 6.45) is 1.86. The average molecular weight is 323 g/mol. The zero-order valence-corrected chi connectivity index (χ0v) is 13.1. The highest BCUT2D eigenvalue weighted by atomic mass is 79.9. The predicted molar refractivity (Wildman–Crippen MR) is 83.5 cm³/mol. The normalized spacial score (nSPS) is 11.0. The Labute approximate surface area is 122 Å². The van der Waals surface area contributed by atoms with Crippen molar-refractivity contribution in [1.29, 1.82) is 0 Å². The van der Waals surface area contributed by atoms with Gasteiger partial charge in [-0.3, -0.25) is 4.68 Å². The van der Waals surface area contributed by atoms with Crippen LogP contribution in [0.4, 0.5) is 5.69 Å². The zero-order valence-electron chi connectivity index (χ0n) is 11.5. The fourth-order valence-electron chi connectivity index (χ4n) is 1.94. The molecular weight excluding hydrogens is 304 g/mol. The van der Waals surface area contributed by atoms with Crippen LogP contribution in [0, 0.1) is 0 Å². The van der Waals surface area contributed by atoms with Gasteiger partial charge in [-0.1, -0.05) is 12.1 Å². The molecule has 1 aromatic carbocycles. The van der Waals surface area contributed by atoms with Crippen molar-refractivity contribution in [3.63, 3.8) is 0 Å². The van der Waals surface area contributed by atoms with Crippen LogP contribution in [0.1, 0.15) is 0 Å². The molecule has 0 aliphatic rings. The van der Waals surface area contributed by atoms with Gasteiger partial charge in [0.2, 0.25) is 0 Å². The predicted octanol–water partition coefficient (Wildman–Crippen LogP) is 2.92. The summed E-state index contributed by atoms with van der Waals surface area (Å²) in [5.41, 5.74) is 3.39. The van der Waals surface area contributed by atoms with E-state index in [4.69, 9.17) is 0 Å². The summed E-state index contributed by atoms with van der Waals surface area (Å²) >= 11 is 3.59. The summed E-state index contributed by atoms with van der Waals surface area (Å²) in [4.78, 5) is 2.16. The second kappa shape index (κ2) is 6.21. The van der Waals surface area contributed by atoms with Gasteiger partial charge in [0.1, 0.15) is 0 Å². The lowest BCUT2D eigenvalue weighted by atomic mass is 10.1. The molecule has 0 saturated carbocycles. The summed E-state index contributed by atoms with van der Waals surface area (Å²) in [5.74, 6) is 0. The van der Waals surface area contributed by atoms with Crippen LogP contribution in [-0.4, -0.2) is 42.4 Å². The molecule has 2 rings (SSSR count). The Morgan fingerprint density at radius 2 is 2.16 bits per heavy atom. The first kappa shape index (κ1) is 14.1. The third-order valence-corrected chi connectivity index (χ3v) is 3.56. The van der Waals surface area contributed by atoms with Crippen LogP contribution in [0.5, 0.6) is 0 Å². The minimum atomic E-state index is 0.873. The first-order valence-corrected chi connectivity index (χ1v) is 7.05. The van der Waals surface area contributed by atoms with Crippen molar-refractivity contribution in [2.75, 3.05) is 33.0 Å². The van der Waals surface area contributed by atoms with E-state index >= 15 is 0 Å². The highest BCUT2D eigenvalue weighted by molar-refractivity contribution is 9.10. The summed E-state index contributed by atoms with van der Waals surface area (Å²) in [5, 5.41) is 7.61. The molecule has 0 amide bonds. The molecule has 0 aliphatic carbocycles. The molecule has 1 heterocycles. The van der Waals surface area contributed by atoms with Crippen molar-refractivity contribution in [2.24, 2.45) is 0 Å². The lowest BCUT2D eigenvalue weighted by Crippen LogP contribution is -2.19. The Morgan fingerprint density at radius 1 is 1.37 bits per heavy atom. The van der Waals surface area contributed by atoms with Crippen LogP contribution in [-0.2, 0) is 6.54 Å². The maximum Gasteiger partial charge on any atom is 0.0825 e. The molecule has 1 aromatic heterocycles. The largest absolute Gasteiger partial charge is 0.388 e. The third-order valence-electron chi connectivity index (χ3n) is 2.98. The topological polar surface area (TPSA) is 33.1 Å². The number of aromatic nitrogens is 2. The highest BCUT2D eigenvalue weighted by Gasteiger charge is 2.11. The fourth-order valence-corrected chi connectivity index (χ4v) is 2.46. The van der Waals surface area contributed by atoms with Crippen molar-refractivity contribution in [2.45, 2.75) is 6.54 Å². The fraction of sp³-hybridized carbons (Fsp3) is 0.357. The molecule has 0 atom stereocenters. The second-order valence-electron chi connectivity index (χ2n) is 4.70. The Morgan fingerprint density at radius 3 is 2.84 bits per heavy atom. The van der Waals surface area contributed by atoms with Gasteiger partial charge >= 0.3 is 0 Å². The minimum Gasteiger partial charge on any atom is -0.388 e. The number of hydrogen-bond donors (Lipinski definition) is 1. The average Bonchev–Trinajstić information content (AvgIpc) is 2.77. The molecule has 4 nitrogen and oxygen atoms in total. The van der Waals surface area contributed by atoms with Crippen molar-refractivity contribution >= 4 is 21.6 Å². The molecule has 0 spiro atoms.